The Hall–Kier alpha value is -3.06. The first-order valence-corrected chi connectivity index (χ1v) is 8.76. The number of hydrogen-bond acceptors (Lipinski definition) is 1. The molecule has 0 unspecified atom stereocenters. The molecule has 0 saturated carbocycles. The van der Waals surface area contributed by atoms with Gasteiger partial charge in [-0.2, -0.15) is 18.4 Å². The zero-order valence-corrected chi connectivity index (χ0v) is 14.5. The van der Waals surface area contributed by atoms with E-state index in [1.807, 2.05) is 30.3 Å². The van der Waals surface area contributed by atoms with Gasteiger partial charge in [0.25, 0.3) is 0 Å². The fourth-order valence-electron chi connectivity index (χ4n) is 3.80. The maximum absolute atomic E-state index is 13.1. The van der Waals surface area contributed by atoms with E-state index in [9.17, 15) is 13.2 Å². The van der Waals surface area contributed by atoms with Gasteiger partial charge in [-0.15, -0.1) is 0 Å². The number of halogens is 3. The summed E-state index contributed by atoms with van der Waals surface area (Å²) in [6.07, 6.45) is -2.49. The lowest BCUT2D eigenvalue weighted by Gasteiger charge is -2.12. The number of hydrogen-bond donors (Lipinski definition) is 0. The predicted octanol–water partition coefficient (Wildman–Crippen LogP) is 5.93. The molecule has 0 heterocycles. The van der Waals surface area contributed by atoms with Crippen LogP contribution in [0.3, 0.4) is 0 Å². The van der Waals surface area contributed by atoms with Crippen molar-refractivity contribution in [2.24, 2.45) is 0 Å². The summed E-state index contributed by atoms with van der Waals surface area (Å²) in [6, 6.07) is 19.9. The molecule has 1 aliphatic rings. The van der Waals surface area contributed by atoms with Crippen molar-refractivity contribution in [2.75, 3.05) is 0 Å². The second-order valence-corrected chi connectivity index (χ2v) is 6.81. The van der Waals surface area contributed by atoms with Crippen LogP contribution in [0, 0.1) is 11.3 Å². The van der Waals surface area contributed by atoms with E-state index in [2.05, 4.69) is 18.2 Å². The third kappa shape index (κ3) is 3.33. The minimum absolute atomic E-state index is 0.0468. The lowest BCUT2D eigenvalue weighted by atomic mass is 9.95. The Bertz CT molecular complexity index is 1060. The maximum Gasteiger partial charge on any atom is 0.416 e. The molecule has 4 rings (SSSR count). The largest absolute Gasteiger partial charge is 0.416 e. The Morgan fingerprint density at radius 2 is 1.67 bits per heavy atom. The quantitative estimate of drug-likeness (QED) is 0.442. The summed E-state index contributed by atoms with van der Waals surface area (Å²) in [4.78, 5) is 0. The van der Waals surface area contributed by atoms with Crippen LogP contribution in [0.4, 0.5) is 13.2 Å². The predicted molar refractivity (Wildman–Crippen MR) is 98.3 cm³/mol. The number of fused-ring (bicyclic) bond motifs is 3. The van der Waals surface area contributed by atoms with Crippen molar-refractivity contribution in [1.29, 1.82) is 5.26 Å². The molecule has 4 heteroatoms. The first kappa shape index (κ1) is 17.4. The van der Waals surface area contributed by atoms with Crippen LogP contribution in [0.25, 0.3) is 11.1 Å². The topological polar surface area (TPSA) is 23.8 Å². The van der Waals surface area contributed by atoms with Crippen LogP contribution in [-0.2, 0) is 25.4 Å². The molecule has 3 aromatic carbocycles. The molecule has 3 aromatic rings. The van der Waals surface area contributed by atoms with Gasteiger partial charge in [0.05, 0.1) is 17.2 Å². The third-order valence-electron chi connectivity index (χ3n) is 5.08. The summed E-state index contributed by atoms with van der Waals surface area (Å²) in [5.41, 5.74) is 5.96. The summed E-state index contributed by atoms with van der Waals surface area (Å²) >= 11 is 0. The molecular weight excluding hydrogens is 347 g/mol. The van der Waals surface area contributed by atoms with Crippen LogP contribution in [0.2, 0.25) is 0 Å². The van der Waals surface area contributed by atoms with E-state index in [0.29, 0.717) is 18.4 Å². The standard InChI is InChI=1S/C23H16F3N/c24-23(25,26)19-11-15(10-16(12-19)14-27)8-9-17-5-3-7-21-20-6-2-1-4-18(20)13-22(17)21/h1-7,10-12H,8-9,13H2. The van der Waals surface area contributed by atoms with E-state index in [-0.39, 0.29) is 5.56 Å². The first-order valence-electron chi connectivity index (χ1n) is 8.76. The van der Waals surface area contributed by atoms with Gasteiger partial charge in [0.1, 0.15) is 0 Å². The van der Waals surface area contributed by atoms with E-state index < -0.39 is 11.7 Å². The van der Waals surface area contributed by atoms with E-state index in [1.165, 1.54) is 22.3 Å². The zero-order chi connectivity index (χ0) is 19.0. The van der Waals surface area contributed by atoms with Crippen molar-refractivity contribution in [1.82, 2.24) is 0 Å². The van der Waals surface area contributed by atoms with Gasteiger partial charge >= 0.3 is 6.18 Å². The average molecular weight is 363 g/mol. The Labute approximate surface area is 155 Å². The van der Waals surface area contributed by atoms with Crippen molar-refractivity contribution < 1.29 is 13.2 Å². The molecule has 0 bridgehead atoms. The Kier molecular flexibility index (Phi) is 4.24. The highest BCUT2D eigenvalue weighted by Crippen LogP contribution is 2.38. The van der Waals surface area contributed by atoms with Crippen molar-refractivity contribution in [3.63, 3.8) is 0 Å². The zero-order valence-electron chi connectivity index (χ0n) is 14.5. The van der Waals surface area contributed by atoms with Crippen molar-refractivity contribution in [3.05, 3.63) is 94.0 Å². The number of aryl methyl sites for hydroxylation is 2. The molecule has 134 valence electrons. The fraction of sp³-hybridized carbons (Fsp3) is 0.174. The highest BCUT2D eigenvalue weighted by molar-refractivity contribution is 5.77. The number of nitrogens with zero attached hydrogens (tertiary/aromatic N) is 1. The number of nitriles is 1. The SMILES string of the molecule is N#Cc1cc(CCc2cccc3c2Cc2ccccc2-3)cc(C(F)(F)F)c1. The Morgan fingerprint density at radius 3 is 2.44 bits per heavy atom. The Balaban J connectivity index is 1.62. The van der Waals surface area contributed by atoms with E-state index in [1.54, 1.807) is 6.07 Å². The lowest BCUT2D eigenvalue weighted by Crippen LogP contribution is -2.07. The molecule has 0 fully saturated rings. The molecule has 0 saturated heterocycles. The summed E-state index contributed by atoms with van der Waals surface area (Å²) in [5.74, 6) is 0. The van der Waals surface area contributed by atoms with Crippen LogP contribution in [0.15, 0.2) is 60.7 Å². The second kappa shape index (κ2) is 6.59. The van der Waals surface area contributed by atoms with Crippen LogP contribution in [0.5, 0.6) is 0 Å². The third-order valence-corrected chi connectivity index (χ3v) is 5.08. The molecule has 1 nitrogen and oxygen atoms in total. The Morgan fingerprint density at radius 1 is 0.889 bits per heavy atom. The van der Waals surface area contributed by atoms with Crippen LogP contribution >= 0.6 is 0 Å². The van der Waals surface area contributed by atoms with Crippen LogP contribution in [-0.4, -0.2) is 0 Å². The van der Waals surface area contributed by atoms with Crippen molar-refractivity contribution >= 4 is 0 Å². The minimum atomic E-state index is -4.45. The summed E-state index contributed by atoms with van der Waals surface area (Å²) in [6.45, 7) is 0. The number of benzene rings is 3. The highest BCUT2D eigenvalue weighted by Gasteiger charge is 2.31. The molecular formula is C23H16F3N. The van der Waals surface area contributed by atoms with Gasteiger partial charge in [-0.05, 0) is 70.8 Å². The van der Waals surface area contributed by atoms with Gasteiger partial charge in [-0.3, -0.25) is 0 Å². The number of rotatable bonds is 3. The van der Waals surface area contributed by atoms with E-state index >= 15 is 0 Å². The summed E-state index contributed by atoms with van der Waals surface area (Å²) in [7, 11) is 0. The molecule has 0 atom stereocenters. The minimum Gasteiger partial charge on any atom is -0.192 e. The molecule has 0 amide bonds. The summed E-state index contributed by atoms with van der Waals surface area (Å²) < 4.78 is 39.2. The van der Waals surface area contributed by atoms with Crippen molar-refractivity contribution in [3.8, 4) is 17.2 Å². The maximum atomic E-state index is 13.1. The van der Waals surface area contributed by atoms with Gasteiger partial charge in [0, 0.05) is 0 Å². The fourth-order valence-corrected chi connectivity index (χ4v) is 3.80. The average Bonchev–Trinajstić information content (AvgIpc) is 3.04. The van der Waals surface area contributed by atoms with Crippen molar-refractivity contribution in [2.45, 2.75) is 25.4 Å². The van der Waals surface area contributed by atoms with Crippen LogP contribution < -0.4 is 0 Å². The normalized spacial score (nSPS) is 12.4. The molecule has 27 heavy (non-hydrogen) atoms. The van der Waals surface area contributed by atoms with E-state index in [4.69, 9.17) is 5.26 Å². The molecule has 0 spiro atoms. The monoisotopic (exact) mass is 363 g/mol. The van der Waals surface area contributed by atoms with Gasteiger partial charge in [0.15, 0.2) is 0 Å². The molecule has 0 aliphatic heterocycles. The molecule has 1 aliphatic carbocycles. The first-order chi connectivity index (χ1) is 13.0. The molecule has 0 N–H and O–H groups in total. The van der Waals surface area contributed by atoms with Crippen LogP contribution in [0.1, 0.15) is 33.4 Å². The van der Waals surface area contributed by atoms with E-state index in [0.717, 1.165) is 24.1 Å². The summed E-state index contributed by atoms with van der Waals surface area (Å²) in [5, 5.41) is 9.05. The second-order valence-electron chi connectivity index (χ2n) is 6.81. The van der Waals surface area contributed by atoms with Gasteiger partial charge < -0.3 is 0 Å². The van der Waals surface area contributed by atoms with Gasteiger partial charge in [-0.1, -0.05) is 42.5 Å². The smallest absolute Gasteiger partial charge is 0.192 e. The number of alkyl halides is 3. The lowest BCUT2D eigenvalue weighted by molar-refractivity contribution is -0.137. The molecule has 0 aromatic heterocycles. The van der Waals surface area contributed by atoms with Gasteiger partial charge in [-0.25, -0.2) is 0 Å². The highest BCUT2D eigenvalue weighted by atomic mass is 19.4. The molecule has 0 radical (unpaired) electrons. The van der Waals surface area contributed by atoms with Gasteiger partial charge in [0.2, 0.25) is 0 Å².